The Morgan fingerprint density at radius 1 is 1.15 bits per heavy atom. The van der Waals surface area contributed by atoms with Gasteiger partial charge < -0.3 is 16.0 Å². The van der Waals surface area contributed by atoms with Crippen LogP contribution in [0.1, 0.15) is 25.3 Å². The number of para-hydroxylation sites is 1. The van der Waals surface area contributed by atoms with E-state index in [1.165, 1.54) is 6.92 Å². The molecule has 0 saturated heterocycles. The third kappa shape index (κ3) is 4.95. The Bertz CT molecular complexity index is 898. The van der Waals surface area contributed by atoms with E-state index in [0.717, 1.165) is 15.7 Å². The Morgan fingerprint density at radius 3 is 2.70 bits per heavy atom. The molecule has 1 aliphatic rings. The number of halogens is 1. The molecule has 0 radical (unpaired) electrons. The first kappa shape index (κ1) is 19.1. The monoisotopic (exact) mass is 429 g/mol. The molecule has 3 rings (SSSR count). The Balaban J connectivity index is 1.61. The van der Waals surface area contributed by atoms with Crippen molar-refractivity contribution in [2.24, 2.45) is 5.92 Å². The predicted molar refractivity (Wildman–Crippen MR) is 109 cm³/mol. The standard InChI is InChI=1S/C20H20BrN3O3/c1-12(25)22-17-8-7-15(21)11-18(17)23-19(26)9-6-14-10-13-4-2-3-5-16(13)24-20(14)27/h2-5,7-8,11,14H,6,9-10H2,1H3,(H,22,25)(H,23,26)(H,24,27). The lowest BCUT2D eigenvalue weighted by Gasteiger charge is -2.24. The van der Waals surface area contributed by atoms with Crippen LogP contribution in [0, 0.1) is 5.92 Å². The molecule has 3 amide bonds. The first-order valence-electron chi connectivity index (χ1n) is 8.68. The van der Waals surface area contributed by atoms with Crippen LogP contribution in [0.2, 0.25) is 0 Å². The number of amides is 3. The largest absolute Gasteiger partial charge is 0.326 e. The molecule has 6 nitrogen and oxygen atoms in total. The van der Waals surface area contributed by atoms with E-state index in [1.54, 1.807) is 18.2 Å². The zero-order valence-electron chi connectivity index (χ0n) is 14.8. The van der Waals surface area contributed by atoms with E-state index in [9.17, 15) is 14.4 Å². The molecule has 140 valence electrons. The van der Waals surface area contributed by atoms with Gasteiger partial charge in [0.1, 0.15) is 0 Å². The van der Waals surface area contributed by atoms with Crippen LogP contribution in [0.4, 0.5) is 17.1 Å². The molecule has 0 aromatic heterocycles. The number of anilines is 3. The van der Waals surface area contributed by atoms with Crippen molar-refractivity contribution >= 4 is 50.7 Å². The average molecular weight is 430 g/mol. The minimum Gasteiger partial charge on any atom is -0.326 e. The summed E-state index contributed by atoms with van der Waals surface area (Å²) in [4.78, 5) is 36.0. The van der Waals surface area contributed by atoms with Gasteiger partial charge >= 0.3 is 0 Å². The lowest BCUT2D eigenvalue weighted by Crippen LogP contribution is -2.30. The highest BCUT2D eigenvalue weighted by atomic mass is 79.9. The van der Waals surface area contributed by atoms with E-state index < -0.39 is 0 Å². The normalized spacial score (nSPS) is 15.5. The molecular weight excluding hydrogens is 410 g/mol. The molecule has 0 bridgehead atoms. The van der Waals surface area contributed by atoms with Gasteiger partial charge in [-0.15, -0.1) is 0 Å². The van der Waals surface area contributed by atoms with Crippen molar-refractivity contribution < 1.29 is 14.4 Å². The smallest absolute Gasteiger partial charge is 0.227 e. The van der Waals surface area contributed by atoms with Crippen LogP contribution < -0.4 is 16.0 Å². The average Bonchev–Trinajstić information content (AvgIpc) is 2.62. The molecule has 7 heteroatoms. The number of hydrogen-bond donors (Lipinski definition) is 3. The summed E-state index contributed by atoms with van der Waals surface area (Å²) >= 11 is 3.36. The van der Waals surface area contributed by atoms with Gasteiger partial charge in [0.25, 0.3) is 0 Å². The number of fused-ring (bicyclic) bond motifs is 1. The number of hydrogen-bond acceptors (Lipinski definition) is 3. The maximum Gasteiger partial charge on any atom is 0.227 e. The van der Waals surface area contributed by atoms with Crippen LogP contribution >= 0.6 is 15.9 Å². The van der Waals surface area contributed by atoms with Crippen molar-refractivity contribution in [2.45, 2.75) is 26.2 Å². The molecular formula is C20H20BrN3O3. The van der Waals surface area contributed by atoms with Crippen molar-refractivity contribution in [3.8, 4) is 0 Å². The van der Waals surface area contributed by atoms with Crippen molar-refractivity contribution in [3.63, 3.8) is 0 Å². The van der Waals surface area contributed by atoms with Gasteiger partial charge in [0.15, 0.2) is 0 Å². The summed E-state index contributed by atoms with van der Waals surface area (Å²) in [6, 6.07) is 12.9. The summed E-state index contributed by atoms with van der Waals surface area (Å²) in [5, 5.41) is 8.40. The third-order valence-corrected chi connectivity index (χ3v) is 4.89. The topological polar surface area (TPSA) is 87.3 Å². The maximum atomic E-state index is 12.4. The molecule has 1 heterocycles. The molecule has 0 aliphatic carbocycles. The second-order valence-electron chi connectivity index (χ2n) is 6.51. The Morgan fingerprint density at radius 2 is 1.93 bits per heavy atom. The zero-order chi connectivity index (χ0) is 19.4. The van der Waals surface area contributed by atoms with E-state index in [1.807, 2.05) is 24.3 Å². The number of carbonyl (C=O) groups excluding carboxylic acids is 3. The van der Waals surface area contributed by atoms with Gasteiger partial charge in [-0.1, -0.05) is 34.1 Å². The molecule has 27 heavy (non-hydrogen) atoms. The van der Waals surface area contributed by atoms with E-state index in [0.29, 0.717) is 24.2 Å². The fraction of sp³-hybridized carbons (Fsp3) is 0.250. The quantitative estimate of drug-likeness (QED) is 0.672. The summed E-state index contributed by atoms with van der Waals surface area (Å²) in [6.45, 7) is 1.41. The Hall–Kier alpha value is -2.67. The van der Waals surface area contributed by atoms with Crippen molar-refractivity contribution in [3.05, 3.63) is 52.5 Å². The Kier molecular flexibility index (Phi) is 5.91. The number of nitrogens with one attached hydrogen (secondary N) is 3. The molecule has 0 fully saturated rings. The molecule has 2 aromatic rings. The predicted octanol–water partition coefficient (Wildman–Crippen LogP) is 3.94. The molecule has 1 aliphatic heterocycles. The lowest BCUT2D eigenvalue weighted by molar-refractivity contribution is -0.121. The summed E-state index contributed by atoms with van der Waals surface area (Å²) in [6.07, 6.45) is 1.30. The second-order valence-corrected chi connectivity index (χ2v) is 7.42. The van der Waals surface area contributed by atoms with Gasteiger partial charge in [-0.25, -0.2) is 0 Å². The highest BCUT2D eigenvalue weighted by Gasteiger charge is 2.26. The first-order valence-corrected chi connectivity index (χ1v) is 9.47. The maximum absolute atomic E-state index is 12.4. The van der Waals surface area contributed by atoms with Crippen LogP contribution in [-0.2, 0) is 20.8 Å². The van der Waals surface area contributed by atoms with Gasteiger partial charge in [0.2, 0.25) is 17.7 Å². The van der Waals surface area contributed by atoms with E-state index in [-0.39, 0.29) is 30.1 Å². The van der Waals surface area contributed by atoms with Gasteiger partial charge in [0.05, 0.1) is 11.4 Å². The minimum absolute atomic E-state index is 0.0529. The van der Waals surface area contributed by atoms with Gasteiger partial charge in [-0.05, 0) is 42.7 Å². The van der Waals surface area contributed by atoms with Gasteiger partial charge in [0, 0.05) is 29.4 Å². The van der Waals surface area contributed by atoms with Crippen LogP contribution in [-0.4, -0.2) is 17.7 Å². The molecule has 1 atom stereocenters. The highest BCUT2D eigenvalue weighted by molar-refractivity contribution is 9.10. The minimum atomic E-state index is -0.233. The van der Waals surface area contributed by atoms with Crippen LogP contribution in [0.15, 0.2) is 46.9 Å². The SMILES string of the molecule is CC(=O)Nc1ccc(Br)cc1NC(=O)CCC1Cc2ccccc2NC1=O. The van der Waals surface area contributed by atoms with Crippen LogP contribution in [0.5, 0.6) is 0 Å². The number of rotatable bonds is 5. The third-order valence-electron chi connectivity index (χ3n) is 4.40. The van der Waals surface area contributed by atoms with Crippen LogP contribution in [0.3, 0.4) is 0 Å². The lowest BCUT2D eigenvalue weighted by atomic mass is 9.89. The summed E-state index contributed by atoms with van der Waals surface area (Å²) in [5.41, 5.74) is 2.98. The van der Waals surface area contributed by atoms with E-state index in [4.69, 9.17) is 0 Å². The second kappa shape index (κ2) is 8.35. The van der Waals surface area contributed by atoms with Crippen molar-refractivity contribution in [2.75, 3.05) is 16.0 Å². The van der Waals surface area contributed by atoms with Gasteiger partial charge in [-0.2, -0.15) is 0 Å². The Labute approximate surface area is 165 Å². The fourth-order valence-corrected chi connectivity index (χ4v) is 3.44. The van der Waals surface area contributed by atoms with Crippen molar-refractivity contribution in [1.29, 1.82) is 0 Å². The fourth-order valence-electron chi connectivity index (χ4n) is 3.08. The highest BCUT2D eigenvalue weighted by Crippen LogP contribution is 2.29. The molecule has 3 N–H and O–H groups in total. The number of carbonyl (C=O) groups is 3. The van der Waals surface area contributed by atoms with Gasteiger partial charge in [-0.3, -0.25) is 14.4 Å². The zero-order valence-corrected chi connectivity index (χ0v) is 16.4. The molecule has 2 aromatic carbocycles. The number of benzene rings is 2. The molecule has 0 spiro atoms. The molecule has 1 unspecified atom stereocenters. The summed E-state index contributed by atoms with van der Waals surface area (Å²) in [5.74, 6) is -0.706. The van der Waals surface area contributed by atoms with E-state index >= 15 is 0 Å². The molecule has 0 saturated carbocycles. The van der Waals surface area contributed by atoms with E-state index in [2.05, 4.69) is 31.9 Å². The van der Waals surface area contributed by atoms with Crippen molar-refractivity contribution in [1.82, 2.24) is 0 Å². The van der Waals surface area contributed by atoms with Crippen LogP contribution in [0.25, 0.3) is 0 Å². The summed E-state index contributed by atoms with van der Waals surface area (Å²) < 4.78 is 0.787. The first-order chi connectivity index (χ1) is 12.9. The summed E-state index contributed by atoms with van der Waals surface area (Å²) in [7, 11) is 0.